The molecular formula is C54H42N6. The molecule has 4 heterocycles. The number of rotatable bonds is 4. The second-order valence-electron chi connectivity index (χ2n) is 16.2. The average Bonchev–Trinajstić information content (AvgIpc) is 3.77. The second kappa shape index (κ2) is 13.8. The quantitative estimate of drug-likeness (QED) is 0.179. The number of nitrogens with zero attached hydrogens (tertiary/aromatic N) is 6. The minimum absolute atomic E-state index is 0.237. The van der Waals surface area contributed by atoms with Crippen LogP contribution < -0.4 is 4.90 Å². The summed E-state index contributed by atoms with van der Waals surface area (Å²) in [5.41, 5.74) is 13.3. The number of benzene rings is 7. The van der Waals surface area contributed by atoms with Gasteiger partial charge in [0.25, 0.3) is 0 Å². The molecule has 2 aliphatic heterocycles. The Morgan fingerprint density at radius 3 is 1.87 bits per heavy atom. The summed E-state index contributed by atoms with van der Waals surface area (Å²) in [4.78, 5) is 15.5. The van der Waals surface area contributed by atoms with Crippen LogP contribution in [0.25, 0.3) is 44.5 Å². The predicted molar refractivity (Wildman–Crippen MR) is 248 cm³/mol. The van der Waals surface area contributed by atoms with Crippen molar-refractivity contribution in [3.8, 4) is 5.69 Å². The number of fused-ring (bicyclic) bond motifs is 10. The van der Waals surface area contributed by atoms with Crippen molar-refractivity contribution in [1.29, 1.82) is 0 Å². The third-order valence-electron chi connectivity index (χ3n) is 12.9. The van der Waals surface area contributed by atoms with Gasteiger partial charge >= 0.3 is 0 Å². The first kappa shape index (κ1) is 34.6. The molecule has 3 atom stereocenters. The molecule has 0 saturated heterocycles. The lowest BCUT2D eigenvalue weighted by molar-refractivity contribution is 0.381. The van der Waals surface area contributed by atoms with Crippen LogP contribution in [0.15, 0.2) is 198 Å². The number of anilines is 2. The Bertz CT molecular complexity index is 3140. The highest BCUT2D eigenvalue weighted by molar-refractivity contribution is 6.17. The molecule has 2 aromatic heterocycles. The number of amidine groups is 1. The highest BCUT2D eigenvalue weighted by Gasteiger charge is 2.37. The van der Waals surface area contributed by atoms with Crippen molar-refractivity contribution in [2.45, 2.75) is 18.5 Å². The van der Waals surface area contributed by atoms with E-state index in [2.05, 4.69) is 220 Å². The second-order valence-corrected chi connectivity index (χ2v) is 16.2. The van der Waals surface area contributed by atoms with E-state index in [1.807, 2.05) is 0 Å². The molecule has 6 heteroatoms. The summed E-state index contributed by atoms with van der Waals surface area (Å²) < 4.78 is 4.70. The number of hydrogen-bond acceptors (Lipinski definition) is 4. The molecule has 60 heavy (non-hydrogen) atoms. The fourth-order valence-electron chi connectivity index (χ4n) is 10.2. The summed E-state index contributed by atoms with van der Waals surface area (Å²) in [5, 5.41) is 3.70. The molecule has 0 N–H and O–H groups in total. The maximum Gasteiger partial charge on any atom is 0.234 e. The van der Waals surface area contributed by atoms with Crippen molar-refractivity contribution >= 4 is 62.0 Å². The van der Waals surface area contributed by atoms with Crippen molar-refractivity contribution < 1.29 is 0 Å². The Morgan fingerprint density at radius 1 is 0.550 bits per heavy atom. The molecule has 0 bridgehead atoms. The van der Waals surface area contributed by atoms with Crippen LogP contribution in [-0.2, 0) is 0 Å². The lowest BCUT2D eigenvalue weighted by atomic mass is 9.75. The maximum absolute atomic E-state index is 5.46. The molecule has 0 fully saturated rings. The summed E-state index contributed by atoms with van der Waals surface area (Å²) in [5.74, 6) is 2.19. The van der Waals surface area contributed by atoms with E-state index >= 15 is 0 Å². The van der Waals surface area contributed by atoms with Crippen molar-refractivity contribution in [3.63, 3.8) is 0 Å². The van der Waals surface area contributed by atoms with Gasteiger partial charge in [0.15, 0.2) is 6.17 Å². The summed E-state index contributed by atoms with van der Waals surface area (Å²) in [6.07, 6.45) is 5.64. The smallest absolute Gasteiger partial charge is 0.234 e. The Balaban J connectivity index is 0.981. The van der Waals surface area contributed by atoms with Crippen LogP contribution >= 0.6 is 0 Å². The van der Waals surface area contributed by atoms with E-state index in [9.17, 15) is 0 Å². The maximum atomic E-state index is 5.46. The minimum Gasteiger partial charge on any atom is -0.341 e. The number of aromatic nitrogens is 2. The molecule has 6 nitrogen and oxygen atoms in total. The lowest BCUT2D eigenvalue weighted by Crippen LogP contribution is -2.36. The minimum atomic E-state index is -0.298. The molecule has 3 unspecified atom stereocenters. The van der Waals surface area contributed by atoms with Gasteiger partial charge in [-0.2, -0.15) is 4.99 Å². The van der Waals surface area contributed by atoms with Gasteiger partial charge in [-0.05, 0) is 83.6 Å². The lowest BCUT2D eigenvalue weighted by Gasteiger charge is -2.32. The first-order valence-electron chi connectivity index (χ1n) is 21.0. The molecule has 288 valence electrons. The molecule has 0 saturated carbocycles. The predicted octanol–water partition coefficient (Wildman–Crippen LogP) is 12.4. The van der Waals surface area contributed by atoms with Gasteiger partial charge in [0.05, 0.1) is 22.2 Å². The topological polar surface area (TPSA) is 41.1 Å². The van der Waals surface area contributed by atoms with Gasteiger partial charge in [0.1, 0.15) is 5.84 Å². The molecule has 1 aliphatic carbocycles. The monoisotopic (exact) mass is 774 g/mol. The van der Waals surface area contributed by atoms with E-state index < -0.39 is 0 Å². The van der Waals surface area contributed by atoms with Crippen LogP contribution in [0, 0.1) is 5.92 Å². The molecule has 0 amide bonds. The third-order valence-corrected chi connectivity index (χ3v) is 12.9. The van der Waals surface area contributed by atoms with Crippen molar-refractivity contribution in [2.24, 2.45) is 15.9 Å². The van der Waals surface area contributed by atoms with E-state index in [1.54, 1.807) is 0 Å². The summed E-state index contributed by atoms with van der Waals surface area (Å²) in [6, 6.07) is 65.6. The molecular weight excluding hydrogens is 733 g/mol. The number of aliphatic imine (C=N–C) groups is 2. The average molecular weight is 775 g/mol. The van der Waals surface area contributed by atoms with Crippen molar-refractivity contribution in [2.75, 3.05) is 18.5 Å². The highest BCUT2D eigenvalue weighted by atomic mass is 15.4. The third kappa shape index (κ3) is 5.34. The normalized spacial score (nSPS) is 18.5. The van der Waals surface area contributed by atoms with Gasteiger partial charge in [-0.3, -0.25) is 4.57 Å². The molecule has 3 aliphatic rings. The number of allylic oxidation sites excluding steroid dienone is 1. The summed E-state index contributed by atoms with van der Waals surface area (Å²) in [7, 11) is 2.11. The largest absolute Gasteiger partial charge is 0.341 e. The number of hydrogen-bond donors (Lipinski definition) is 0. The van der Waals surface area contributed by atoms with Crippen LogP contribution in [0.3, 0.4) is 0 Å². The molecule has 12 rings (SSSR count). The fourth-order valence-corrected chi connectivity index (χ4v) is 10.2. The van der Waals surface area contributed by atoms with Gasteiger partial charge in [-0.15, -0.1) is 0 Å². The Hall–Kier alpha value is -7.44. The fraction of sp³-hybridized carbons (Fsp3) is 0.111. The van der Waals surface area contributed by atoms with E-state index in [-0.39, 0.29) is 12.1 Å². The van der Waals surface area contributed by atoms with Crippen LogP contribution in [0.5, 0.6) is 0 Å². The Kier molecular flexibility index (Phi) is 7.98. The molecule has 7 aromatic carbocycles. The van der Waals surface area contributed by atoms with Crippen LogP contribution in [0.4, 0.5) is 11.4 Å². The first-order chi connectivity index (χ1) is 29.7. The summed E-state index contributed by atoms with van der Waals surface area (Å²) >= 11 is 0. The van der Waals surface area contributed by atoms with E-state index in [0.717, 1.165) is 46.6 Å². The van der Waals surface area contributed by atoms with Gasteiger partial charge in [-0.25, -0.2) is 4.99 Å². The van der Waals surface area contributed by atoms with Gasteiger partial charge < -0.3 is 14.4 Å². The van der Waals surface area contributed by atoms with E-state index in [4.69, 9.17) is 9.98 Å². The zero-order chi connectivity index (χ0) is 39.7. The zero-order valence-corrected chi connectivity index (χ0v) is 33.3. The van der Waals surface area contributed by atoms with Crippen molar-refractivity contribution in [1.82, 2.24) is 14.0 Å². The van der Waals surface area contributed by atoms with Gasteiger partial charge in [0.2, 0.25) is 5.96 Å². The number of para-hydroxylation sites is 5. The first-order valence-corrected chi connectivity index (χ1v) is 21.0. The highest BCUT2D eigenvalue weighted by Crippen LogP contribution is 2.51. The van der Waals surface area contributed by atoms with Crippen LogP contribution in [0.2, 0.25) is 0 Å². The van der Waals surface area contributed by atoms with Gasteiger partial charge in [0, 0.05) is 58.3 Å². The Labute approximate surface area is 349 Å². The molecule has 0 spiro atoms. The van der Waals surface area contributed by atoms with Crippen LogP contribution in [-0.4, -0.2) is 39.4 Å². The van der Waals surface area contributed by atoms with Crippen molar-refractivity contribution in [3.05, 3.63) is 216 Å². The molecule has 0 radical (unpaired) electrons. The van der Waals surface area contributed by atoms with Crippen LogP contribution in [0.1, 0.15) is 46.5 Å². The standard InChI is InChI=1S/C54H42N6/c1-57-52(37-16-4-2-5-17-37)55-54(60-46-25-13-8-20-41(46)42-21-9-14-26-47(42)60)56-53(57)38-28-31-40(32-29-38)59-48-27-15-11-23-44(48)51-49(59)33-30-36-34-35-58(39-18-6-3-7-19-39)45-24-12-10-22-43(45)50(36)51/h2-33,36,50,53H,34-35H2,1H3. The van der Waals surface area contributed by atoms with E-state index in [0.29, 0.717) is 11.9 Å². The van der Waals surface area contributed by atoms with E-state index in [1.165, 1.54) is 49.9 Å². The Morgan fingerprint density at radius 2 is 1.15 bits per heavy atom. The zero-order valence-electron chi connectivity index (χ0n) is 33.3. The van der Waals surface area contributed by atoms with Gasteiger partial charge in [-0.1, -0.05) is 140 Å². The SMILES string of the molecule is CN1C(c2ccccc2)=NC(n2c3ccccc3c3ccccc32)=NC1c1ccc(-n2c3c(c4ccccc42)C2c4ccccc4N(c4ccccc4)CCC2C=C3)cc1. The molecule has 9 aromatic rings. The summed E-state index contributed by atoms with van der Waals surface area (Å²) in [6.45, 7) is 0.968.